The van der Waals surface area contributed by atoms with E-state index in [4.69, 9.17) is 4.74 Å². The molecule has 0 radical (unpaired) electrons. The van der Waals surface area contributed by atoms with Crippen LogP contribution in [0.4, 0.5) is 0 Å². The molecule has 94 valence electrons. The monoisotopic (exact) mass is 235 g/mol. The van der Waals surface area contributed by atoms with E-state index in [-0.39, 0.29) is 5.97 Å². The lowest BCUT2D eigenvalue weighted by molar-refractivity contribution is -0.142. The largest absolute Gasteiger partial charge is 0.465 e. The molecule has 3 nitrogen and oxygen atoms in total. The molecule has 0 saturated carbocycles. The number of carbonyl (C=O) groups is 1. The molecule has 0 aromatic heterocycles. The van der Waals surface area contributed by atoms with Crippen LogP contribution in [0.5, 0.6) is 0 Å². The molecule has 0 amide bonds. The molecule has 1 rings (SSSR count). The second-order valence-electron chi connectivity index (χ2n) is 4.35. The molecule has 0 aliphatic carbocycles. The van der Waals surface area contributed by atoms with E-state index in [0.717, 1.165) is 12.8 Å². The summed E-state index contributed by atoms with van der Waals surface area (Å²) in [5, 5.41) is 3.03. The first-order valence-electron chi connectivity index (χ1n) is 6.11. The van der Waals surface area contributed by atoms with Crippen molar-refractivity contribution in [1.82, 2.24) is 5.32 Å². The number of hydrogen-bond donors (Lipinski definition) is 1. The number of ether oxygens (including phenoxy) is 1. The van der Waals surface area contributed by atoms with E-state index in [1.165, 1.54) is 5.56 Å². The maximum absolute atomic E-state index is 11.3. The van der Waals surface area contributed by atoms with Crippen LogP contribution in [0.1, 0.15) is 25.8 Å². The van der Waals surface area contributed by atoms with Crippen LogP contribution < -0.4 is 5.32 Å². The van der Waals surface area contributed by atoms with Gasteiger partial charge in [-0.3, -0.25) is 4.79 Å². The van der Waals surface area contributed by atoms with E-state index in [0.29, 0.717) is 19.2 Å². The minimum atomic E-state index is -0.174. The summed E-state index contributed by atoms with van der Waals surface area (Å²) in [7, 11) is 0. The lowest BCUT2D eigenvalue weighted by atomic mass is 10.1. The Kier molecular flexibility index (Phi) is 6.33. The van der Waals surface area contributed by atoms with Crippen LogP contribution in [0.25, 0.3) is 0 Å². The van der Waals surface area contributed by atoms with Crippen LogP contribution in [-0.2, 0) is 16.0 Å². The Morgan fingerprint density at radius 1 is 1.29 bits per heavy atom. The summed E-state index contributed by atoms with van der Waals surface area (Å²) in [4.78, 5) is 11.3. The molecular formula is C14H21NO2. The van der Waals surface area contributed by atoms with E-state index in [2.05, 4.69) is 17.4 Å². The third-order valence-electron chi connectivity index (χ3n) is 2.37. The number of hydrogen-bond acceptors (Lipinski definition) is 3. The van der Waals surface area contributed by atoms with Crippen LogP contribution in [0, 0.1) is 0 Å². The molecular weight excluding hydrogens is 214 g/mol. The van der Waals surface area contributed by atoms with Gasteiger partial charge in [0, 0.05) is 6.04 Å². The fourth-order valence-corrected chi connectivity index (χ4v) is 1.45. The van der Waals surface area contributed by atoms with Gasteiger partial charge in [0.15, 0.2) is 0 Å². The van der Waals surface area contributed by atoms with Gasteiger partial charge < -0.3 is 10.1 Å². The second kappa shape index (κ2) is 7.85. The van der Waals surface area contributed by atoms with Crippen molar-refractivity contribution in [1.29, 1.82) is 0 Å². The number of nitrogens with one attached hydrogen (secondary N) is 1. The zero-order chi connectivity index (χ0) is 12.5. The zero-order valence-electron chi connectivity index (χ0n) is 10.6. The molecule has 3 heteroatoms. The van der Waals surface area contributed by atoms with Crippen LogP contribution in [0.15, 0.2) is 30.3 Å². The molecule has 1 aromatic rings. The van der Waals surface area contributed by atoms with Crippen molar-refractivity contribution in [2.75, 3.05) is 13.2 Å². The SMILES string of the molecule is CC(C)NCC(=O)OCCCc1ccccc1. The van der Waals surface area contributed by atoms with Crippen molar-refractivity contribution in [3.05, 3.63) is 35.9 Å². The number of benzene rings is 1. The van der Waals surface area contributed by atoms with Gasteiger partial charge in [0.1, 0.15) is 0 Å². The molecule has 0 saturated heterocycles. The van der Waals surface area contributed by atoms with Crippen molar-refractivity contribution in [3.8, 4) is 0 Å². The highest BCUT2D eigenvalue weighted by Crippen LogP contribution is 2.02. The van der Waals surface area contributed by atoms with Crippen molar-refractivity contribution in [3.63, 3.8) is 0 Å². The number of carbonyl (C=O) groups excluding carboxylic acids is 1. The van der Waals surface area contributed by atoms with Crippen molar-refractivity contribution in [2.45, 2.75) is 32.7 Å². The quantitative estimate of drug-likeness (QED) is 0.581. The predicted molar refractivity (Wildman–Crippen MR) is 68.9 cm³/mol. The van der Waals surface area contributed by atoms with Gasteiger partial charge in [-0.1, -0.05) is 44.2 Å². The lowest BCUT2D eigenvalue weighted by Gasteiger charge is -2.08. The van der Waals surface area contributed by atoms with Gasteiger partial charge in [-0.05, 0) is 18.4 Å². The highest BCUT2D eigenvalue weighted by molar-refractivity contribution is 5.71. The van der Waals surface area contributed by atoms with Gasteiger partial charge in [-0.25, -0.2) is 0 Å². The fourth-order valence-electron chi connectivity index (χ4n) is 1.45. The number of aryl methyl sites for hydroxylation is 1. The highest BCUT2D eigenvalue weighted by Gasteiger charge is 2.03. The standard InChI is InChI=1S/C14H21NO2/c1-12(2)15-11-14(16)17-10-6-9-13-7-4-3-5-8-13/h3-5,7-8,12,15H,6,9-11H2,1-2H3. The van der Waals surface area contributed by atoms with Crippen LogP contribution in [0.3, 0.4) is 0 Å². The summed E-state index contributed by atoms with van der Waals surface area (Å²) in [6, 6.07) is 10.5. The van der Waals surface area contributed by atoms with Crippen molar-refractivity contribution in [2.24, 2.45) is 0 Å². The fraction of sp³-hybridized carbons (Fsp3) is 0.500. The van der Waals surface area contributed by atoms with Gasteiger partial charge in [0.05, 0.1) is 13.2 Å². The third-order valence-corrected chi connectivity index (χ3v) is 2.37. The Labute approximate surface area is 103 Å². The maximum atomic E-state index is 11.3. The molecule has 1 aromatic carbocycles. The molecule has 0 aliphatic heterocycles. The third kappa shape index (κ3) is 6.74. The van der Waals surface area contributed by atoms with Crippen LogP contribution >= 0.6 is 0 Å². The summed E-state index contributed by atoms with van der Waals surface area (Å²) >= 11 is 0. The van der Waals surface area contributed by atoms with E-state index >= 15 is 0 Å². The molecule has 1 N–H and O–H groups in total. The van der Waals surface area contributed by atoms with E-state index in [1.54, 1.807) is 0 Å². The Bertz CT molecular complexity index is 322. The molecule has 0 heterocycles. The molecule has 0 unspecified atom stereocenters. The Morgan fingerprint density at radius 3 is 2.65 bits per heavy atom. The summed E-state index contributed by atoms with van der Waals surface area (Å²) in [6.45, 7) is 4.79. The van der Waals surface area contributed by atoms with Gasteiger partial charge in [-0.15, -0.1) is 0 Å². The predicted octanol–water partition coefficient (Wildman–Crippen LogP) is 2.16. The average Bonchev–Trinajstić information content (AvgIpc) is 2.33. The number of rotatable bonds is 7. The molecule has 0 bridgehead atoms. The Balaban J connectivity index is 2.06. The molecule has 0 atom stereocenters. The minimum Gasteiger partial charge on any atom is -0.465 e. The topological polar surface area (TPSA) is 38.3 Å². The lowest BCUT2D eigenvalue weighted by Crippen LogP contribution is -2.30. The van der Waals surface area contributed by atoms with Crippen LogP contribution in [0.2, 0.25) is 0 Å². The Morgan fingerprint density at radius 2 is 2.00 bits per heavy atom. The summed E-state index contributed by atoms with van der Waals surface area (Å²) in [5.41, 5.74) is 1.28. The van der Waals surface area contributed by atoms with Crippen LogP contribution in [-0.4, -0.2) is 25.2 Å². The van der Waals surface area contributed by atoms with E-state index in [1.807, 2.05) is 32.0 Å². The van der Waals surface area contributed by atoms with E-state index in [9.17, 15) is 4.79 Å². The summed E-state index contributed by atoms with van der Waals surface area (Å²) in [5.74, 6) is -0.174. The maximum Gasteiger partial charge on any atom is 0.319 e. The van der Waals surface area contributed by atoms with Gasteiger partial charge in [0.2, 0.25) is 0 Å². The minimum absolute atomic E-state index is 0.174. The first kappa shape index (κ1) is 13.7. The molecule has 0 fully saturated rings. The van der Waals surface area contributed by atoms with E-state index < -0.39 is 0 Å². The van der Waals surface area contributed by atoms with Gasteiger partial charge in [-0.2, -0.15) is 0 Å². The highest BCUT2D eigenvalue weighted by atomic mass is 16.5. The van der Waals surface area contributed by atoms with Crippen molar-refractivity contribution >= 4 is 5.97 Å². The normalized spacial score (nSPS) is 10.5. The average molecular weight is 235 g/mol. The smallest absolute Gasteiger partial charge is 0.319 e. The number of esters is 1. The van der Waals surface area contributed by atoms with Gasteiger partial charge in [0.25, 0.3) is 0 Å². The summed E-state index contributed by atoms with van der Waals surface area (Å²) < 4.78 is 5.11. The first-order valence-corrected chi connectivity index (χ1v) is 6.11. The summed E-state index contributed by atoms with van der Waals surface area (Å²) in [6.07, 6.45) is 1.82. The molecule has 17 heavy (non-hydrogen) atoms. The zero-order valence-corrected chi connectivity index (χ0v) is 10.6. The Hall–Kier alpha value is -1.35. The van der Waals surface area contributed by atoms with Crippen molar-refractivity contribution < 1.29 is 9.53 Å². The van der Waals surface area contributed by atoms with Gasteiger partial charge >= 0.3 is 5.97 Å². The first-order chi connectivity index (χ1) is 8.18. The molecule has 0 aliphatic rings. The molecule has 0 spiro atoms. The second-order valence-corrected chi connectivity index (χ2v) is 4.35.